The average Bonchev–Trinajstić information content (AvgIpc) is 1.83. The van der Waals surface area contributed by atoms with Crippen LogP contribution in [0.25, 0.3) is 0 Å². The Kier molecular flexibility index (Phi) is 1.22. The minimum atomic E-state index is 0.0255. The number of hydrogen-bond donors (Lipinski definition) is 2. The second kappa shape index (κ2) is 1.89. The van der Waals surface area contributed by atoms with Crippen molar-refractivity contribution in [3.8, 4) is 0 Å². The summed E-state index contributed by atoms with van der Waals surface area (Å²) >= 11 is 0. The van der Waals surface area contributed by atoms with Gasteiger partial charge in [-0.15, -0.1) is 0 Å². The summed E-state index contributed by atoms with van der Waals surface area (Å²) < 4.78 is 0.725. The van der Waals surface area contributed by atoms with E-state index >= 15 is 0 Å². The number of hydrogen-bond acceptors (Lipinski definition) is 3. The highest BCUT2D eigenvalue weighted by molar-refractivity contribution is 4.89. The van der Waals surface area contributed by atoms with Gasteiger partial charge in [0.1, 0.15) is 0 Å². The molecule has 4 heteroatoms. The van der Waals surface area contributed by atoms with Gasteiger partial charge >= 0.3 is 0 Å². The maximum Gasteiger partial charge on any atom is 0.181 e. The SMILES string of the molecule is Cc1nccn(O)c1=N. The van der Waals surface area contributed by atoms with E-state index in [0.717, 1.165) is 4.73 Å². The molecule has 0 saturated heterocycles. The standard InChI is InChI=1S/C5H7N3O/c1-4-5(6)8(9)3-2-7-4/h2-3,6,9H,1H3. The fourth-order valence-electron chi connectivity index (χ4n) is 0.510. The number of aromatic nitrogens is 2. The third-order valence-electron chi connectivity index (χ3n) is 1.05. The molecule has 0 aromatic carbocycles. The molecule has 0 fully saturated rings. The Bertz CT molecular complexity index is 242. The van der Waals surface area contributed by atoms with Crippen LogP contribution in [0.1, 0.15) is 5.69 Å². The Balaban J connectivity index is 3.43. The van der Waals surface area contributed by atoms with E-state index in [1.165, 1.54) is 12.4 Å². The van der Waals surface area contributed by atoms with E-state index in [9.17, 15) is 0 Å². The lowest BCUT2D eigenvalue weighted by molar-refractivity contribution is 0.168. The highest BCUT2D eigenvalue weighted by Crippen LogP contribution is 1.76. The van der Waals surface area contributed by atoms with Crippen molar-refractivity contribution < 1.29 is 5.21 Å². The van der Waals surface area contributed by atoms with Crippen molar-refractivity contribution in [1.29, 1.82) is 5.41 Å². The van der Waals surface area contributed by atoms with Crippen LogP contribution in [0.2, 0.25) is 0 Å². The molecule has 0 atom stereocenters. The molecule has 9 heavy (non-hydrogen) atoms. The van der Waals surface area contributed by atoms with E-state index < -0.39 is 0 Å². The zero-order valence-corrected chi connectivity index (χ0v) is 5.00. The van der Waals surface area contributed by atoms with Crippen LogP contribution < -0.4 is 5.49 Å². The highest BCUT2D eigenvalue weighted by atomic mass is 16.5. The Morgan fingerprint density at radius 2 is 2.44 bits per heavy atom. The van der Waals surface area contributed by atoms with Gasteiger partial charge < -0.3 is 5.21 Å². The maximum absolute atomic E-state index is 8.79. The van der Waals surface area contributed by atoms with Crippen molar-refractivity contribution in [1.82, 2.24) is 9.71 Å². The largest absolute Gasteiger partial charge is 0.427 e. The minimum Gasteiger partial charge on any atom is -0.427 e. The molecule has 4 nitrogen and oxygen atoms in total. The molecule has 0 bridgehead atoms. The van der Waals surface area contributed by atoms with Gasteiger partial charge in [-0.2, -0.15) is 4.73 Å². The lowest BCUT2D eigenvalue weighted by atomic mass is 10.5. The Morgan fingerprint density at radius 3 is 2.89 bits per heavy atom. The topological polar surface area (TPSA) is 61.9 Å². The smallest absolute Gasteiger partial charge is 0.181 e. The van der Waals surface area contributed by atoms with Crippen LogP contribution >= 0.6 is 0 Å². The van der Waals surface area contributed by atoms with Gasteiger partial charge in [-0.05, 0) is 6.92 Å². The first kappa shape index (κ1) is 5.81. The summed E-state index contributed by atoms with van der Waals surface area (Å²) in [4.78, 5) is 3.77. The zero-order chi connectivity index (χ0) is 6.85. The van der Waals surface area contributed by atoms with E-state index in [1.54, 1.807) is 6.92 Å². The first-order chi connectivity index (χ1) is 4.22. The molecule has 1 aromatic rings. The zero-order valence-electron chi connectivity index (χ0n) is 5.00. The molecule has 0 unspecified atom stereocenters. The Hall–Kier alpha value is -1.32. The fourth-order valence-corrected chi connectivity index (χ4v) is 0.510. The third-order valence-corrected chi connectivity index (χ3v) is 1.05. The van der Waals surface area contributed by atoms with E-state index in [-0.39, 0.29) is 5.49 Å². The molecule has 48 valence electrons. The number of aryl methyl sites for hydroxylation is 1. The first-order valence-corrected chi connectivity index (χ1v) is 2.50. The molecule has 0 radical (unpaired) electrons. The molecule has 0 aliphatic rings. The van der Waals surface area contributed by atoms with Crippen LogP contribution in [-0.4, -0.2) is 14.9 Å². The van der Waals surface area contributed by atoms with Crippen molar-refractivity contribution in [3.63, 3.8) is 0 Å². The Morgan fingerprint density at radius 1 is 1.78 bits per heavy atom. The van der Waals surface area contributed by atoms with Gasteiger partial charge in [0.25, 0.3) is 0 Å². The number of nitrogens with zero attached hydrogens (tertiary/aromatic N) is 2. The minimum absolute atomic E-state index is 0.0255. The molecule has 0 spiro atoms. The van der Waals surface area contributed by atoms with E-state index in [2.05, 4.69) is 4.98 Å². The van der Waals surface area contributed by atoms with Crippen molar-refractivity contribution >= 4 is 0 Å². The van der Waals surface area contributed by atoms with Crippen molar-refractivity contribution in [3.05, 3.63) is 23.6 Å². The highest BCUT2D eigenvalue weighted by Gasteiger charge is 1.89. The predicted molar refractivity (Wildman–Crippen MR) is 30.0 cm³/mol. The van der Waals surface area contributed by atoms with Crippen LogP contribution in [-0.2, 0) is 0 Å². The predicted octanol–water partition coefficient (Wildman–Crippen LogP) is -0.0917. The van der Waals surface area contributed by atoms with Gasteiger partial charge in [-0.3, -0.25) is 10.4 Å². The van der Waals surface area contributed by atoms with Crippen LogP contribution in [0.4, 0.5) is 0 Å². The van der Waals surface area contributed by atoms with Crippen LogP contribution in [0.5, 0.6) is 0 Å². The van der Waals surface area contributed by atoms with Gasteiger partial charge in [0.15, 0.2) is 5.49 Å². The summed E-state index contributed by atoms with van der Waals surface area (Å²) in [5.41, 5.74) is 0.539. The lowest BCUT2D eigenvalue weighted by Gasteiger charge is -1.95. The number of rotatable bonds is 0. The second-order valence-corrected chi connectivity index (χ2v) is 1.71. The normalized spacial score (nSPS) is 9.44. The summed E-state index contributed by atoms with van der Waals surface area (Å²) in [5.74, 6) is 0. The van der Waals surface area contributed by atoms with Crippen molar-refractivity contribution in [2.24, 2.45) is 0 Å². The van der Waals surface area contributed by atoms with E-state index in [0.29, 0.717) is 5.69 Å². The second-order valence-electron chi connectivity index (χ2n) is 1.71. The van der Waals surface area contributed by atoms with E-state index in [1.807, 2.05) is 0 Å². The monoisotopic (exact) mass is 125 g/mol. The van der Waals surface area contributed by atoms with Gasteiger partial charge in [-0.25, -0.2) is 0 Å². The van der Waals surface area contributed by atoms with Gasteiger partial charge in [0, 0.05) is 6.20 Å². The average molecular weight is 125 g/mol. The summed E-state index contributed by atoms with van der Waals surface area (Å²) in [6, 6.07) is 0. The van der Waals surface area contributed by atoms with Crippen molar-refractivity contribution in [2.45, 2.75) is 6.92 Å². The van der Waals surface area contributed by atoms with Gasteiger partial charge in [0.05, 0.1) is 11.9 Å². The molecule has 0 saturated carbocycles. The quantitative estimate of drug-likeness (QED) is 0.476. The summed E-state index contributed by atoms with van der Waals surface area (Å²) in [6.07, 6.45) is 2.75. The first-order valence-electron chi connectivity index (χ1n) is 2.50. The van der Waals surface area contributed by atoms with Gasteiger partial charge in [-0.1, -0.05) is 0 Å². The van der Waals surface area contributed by atoms with Crippen molar-refractivity contribution in [2.75, 3.05) is 0 Å². The molecule has 1 aromatic heterocycles. The summed E-state index contributed by atoms with van der Waals surface area (Å²) in [7, 11) is 0. The summed E-state index contributed by atoms with van der Waals surface area (Å²) in [6.45, 7) is 1.66. The molecular weight excluding hydrogens is 118 g/mol. The molecule has 2 N–H and O–H groups in total. The molecule has 1 heterocycles. The Labute approximate surface area is 51.9 Å². The third kappa shape index (κ3) is 0.910. The van der Waals surface area contributed by atoms with E-state index in [4.69, 9.17) is 10.6 Å². The lowest BCUT2D eigenvalue weighted by Crippen LogP contribution is -2.20. The molecule has 0 amide bonds. The maximum atomic E-state index is 8.79. The summed E-state index contributed by atoms with van der Waals surface area (Å²) in [5, 5.41) is 15.9. The molecule has 0 aliphatic carbocycles. The van der Waals surface area contributed by atoms with Crippen LogP contribution in [0, 0.1) is 12.3 Å². The molecule has 0 aliphatic heterocycles. The molecule has 1 rings (SSSR count). The molecular formula is C5H7N3O. The van der Waals surface area contributed by atoms with Crippen LogP contribution in [0.15, 0.2) is 12.4 Å². The van der Waals surface area contributed by atoms with Gasteiger partial charge in [0.2, 0.25) is 0 Å². The fraction of sp³-hybridized carbons (Fsp3) is 0.200. The number of nitrogens with one attached hydrogen (secondary N) is 1. The van der Waals surface area contributed by atoms with Crippen LogP contribution in [0.3, 0.4) is 0 Å².